The molecule has 0 aliphatic heterocycles. The summed E-state index contributed by atoms with van der Waals surface area (Å²) in [5.74, 6) is -5.48. The van der Waals surface area contributed by atoms with Crippen LogP contribution in [0, 0.1) is 5.92 Å². The molecule has 0 heterocycles. The van der Waals surface area contributed by atoms with E-state index in [0.717, 1.165) is 0 Å². The van der Waals surface area contributed by atoms with Gasteiger partial charge in [0.25, 0.3) is 0 Å². The second kappa shape index (κ2) is 4.41. The van der Waals surface area contributed by atoms with E-state index >= 15 is 0 Å². The van der Waals surface area contributed by atoms with Crippen molar-refractivity contribution in [3.05, 3.63) is 0 Å². The molecule has 2 unspecified atom stereocenters. The van der Waals surface area contributed by atoms with Gasteiger partial charge in [0.15, 0.2) is 0 Å². The van der Waals surface area contributed by atoms with Gasteiger partial charge >= 0.3 is 11.9 Å². The van der Waals surface area contributed by atoms with E-state index in [-0.39, 0.29) is 0 Å². The number of rotatable bonds is 5. The average Bonchev–Trinajstić information content (AvgIpc) is 1.97. The van der Waals surface area contributed by atoms with Crippen LogP contribution < -0.4 is 11.5 Å². The quantitative estimate of drug-likeness (QED) is 0.368. The Morgan fingerprint density at radius 2 is 1.62 bits per heavy atom. The van der Waals surface area contributed by atoms with Crippen LogP contribution in [0.4, 0.5) is 0 Å². The number of carbonyl (C=O) groups is 3. The van der Waals surface area contributed by atoms with E-state index in [4.69, 9.17) is 21.7 Å². The molecule has 0 saturated carbocycles. The summed E-state index contributed by atoms with van der Waals surface area (Å²) >= 11 is 0. The molecule has 0 saturated heterocycles. The number of carbonyl (C=O) groups excluding carboxylic acids is 1. The van der Waals surface area contributed by atoms with Crippen LogP contribution in [0.5, 0.6) is 0 Å². The second-order valence-electron chi connectivity index (χ2n) is 2.47. The Balaban J connectivity index is 4.35. The largest absolute Gasteiger partial charge is 0.481 e. The van der Waals surface area contributed by atoms with Crippen molar-refractivity contribution in [3.8, 4) is 0 Å². The Bertz CT molecular complexity index is 225. The molecule has 1 amide bonds. The van der Waals surface area contributed by atoms with Gasteiger partial charge in [-0.1, -0.05) is 0 Å². The summed E-state index contributed by atoms with van der Waals surface area (Å²) in [6, 6.07) is -1.39. The van der Waals surface area contributed by atoms with Crippen LogP contribution in [0.3, 0.4) is 0 Å². The molecule has 6 N–H and O–H groups in total. The number of amides is 1. The number of carboxylic acid groups (broad SMARTS) is 2. The summed E-state index contributed by atoms with van der Waals surface area (Å²) in [5.41, 5.74) is 9.74. The third-order valence-corrected chi connectivity index (χ3v) is 1.45. The normalized spacial score (nSPS) is 14.5. The first-order valence-corrected chi connectivity index (χ1v) is 3.36. The van der Waals surface area contributed by atoms with E-state index in [1.807, 2.05) is 0 Å². The molecule has 0 bridgehead atoms. The maximum atomic E-state index is 10.5. The summed E-state index contributed by atoms with van der Waals surface area (Å²) in [6.45, 7) is 0. The Kier molecular flexibility index (Phi) is 3.86. The summed E-state index contributed by atoms with van der Waals surface area (Å²) in [4.78, 5) is 31.1. The number of aliphatic carboxylic acids is 2. The smallest absolute Gasteiger partial charge is 0.320 e. The second-order valence-corrected chi connectivity index (χ2v) is 2.47. The van der Waals surface area contributed by atoms with Crippen LogP contribution in [0.25, 0.3) is 0 Å². The fraction of sp³-hybridized carbons (Fsp3) is 0.500. The topological polar surface area (TPSA) is 144 Å². The first-order chi connectivity index (χ1) is 5.86. The molecule has 0 aliphatic carbocycles. The van der Waals surface area contributed by atoms with Gasteiger partial charge in [0.05, 0.1) is 0 Å². The van der Waals surface area contributed by atoms with Gasteiger partial charge in [-0.25, -0.2) is 0 Å². The first kappa shape index (κ1) is 11.4. The van der Waals surface area contributed by atoms with Crippen molar-refractivity contribution in [2.45, 2.75) is 12.5 Å². The summed E-state index contributed by atoms with van der Waals surface area (Å²) in [5, 5.41) is 16.7. The van der Waals surface area contributed by atoms with Crippen LogP contribution in [-0.2, 0) is 14.4 Å². The molecule has 74 valence electrons. The van der Waals surface area contributed by atoms with E-state index in [1.165, 1.54) is 0 Å². The molecule has 13 heavy (non-hydrogen) atoms. The van der Waals surface area contributed by atoms with Crippen molar-refractivity contribution >= 4 is 17.8 Å². The van der Waals surface area contributed by atoms with E-state index in [1.54, 1.807) is 0 Å². The Morgan fingerprint density at radius 1 is 1.15 bits per heavy atom. The van der Waals surface area contributed by atoms with E-state index < -0.39 is 36.2 Å². The van der Waals surface area contributed by atoms with Crippen molar-refractivity contribution in [1.82, 2.24) is 0 Å². The lowest BCUT2D eigenvalue weighted by Gasteiger charge is -2.10. The van der Waals surface area contributed by atoms with Gasteiger partial charge in [0, 0.05) is 0 Å². The fourth-order valence-electron chi connectivity index (χ4n) is 0.693. The zero-order valence-corrected chi connectivity index (χ0v) is 6.64. The Labute approximate surface area is 73.3 Å². The monoisotopic (exact) mass is 190 g/mol. The lowest BCUT2D eigenvalue weighted by Crippen LogP contribution is -2.39. The highest BCUT2D eigenvalue weighted by molar-refractivity contribution is 5.96. The van der Waals surface area contributed by atoms with Crippen molar-refractivity contribution in [1.29, 1.82) is 0 Å². The fourth-order valence-corrected chi connectivity index (χ4v) is 0.693. The average molecular weight is 190 g/mol. The standard InChI is InChI=1S/C6H10N2O5/c7-3(6(12)13)1-2(4(8)9)5(10)11/h2-3H,1,7H2,(H2,8,9)(H,10,11)(H,12,13). The molecule has 0 rings (SSSR count). The SMILES string of the molecule is NC(=O)C(CC(N)C(=O)O)C(=O)O. The van der Waals surface area contributed by atoms with Crippen molar-refractivity contribution in [2.75, 3.05) is 0 Å². The number of hydrogen-bond donors (Lipinski definition) is 4. The molecule has 0 radical (unpaired) electrons. The minimum absolute atomic E-state index is 0.500. The molecule has 0 spiro atoms. The Morgan fingerprint density at radius 3 is 1.85 bits per heavy atom. The van der Waals surface area contributed by atoms with Gasteiger partial charge in [-0.05, 0) is 6.42 Å². The molecule has 0 aromatic carbocycles. The highest BCUT2D eigenvalue weighted by atomic mass is 16.4. The van der Waals surface area contributed by atoms with E-state index in [9.17, 15) is 14.4 Å². The van der Waals surface area contributed by atoms with E-state index in [0.29, 0.717) is 0 Å². The zero-order chi connectivity index (χ0) is 10.6. The molecule has 7 nitrogen and oxygen atoms in total. The summed E-state index contributed by atoms with van der Waals surface area (Å²) in [7, 11) is 0. The lowest BCUT2D eigenvalue weighted by molar-refractivity contribution is -0.147. The van der Waals surface area contributed by atoms with Gasteiger partial charge < -0.3 is 21.7 Å². The maximum Gasteiger partial charge on any atom is 0.320 e. The highest BCUT2D eigenvalue weighted by Crippen LogP contribution is 2.05. The molecular weight excluding hydrogens is 180 g/mol. The van der Waals surface area contributed by atoms with Gasteiger partial charge in [0.1, 0.15) is 12.0 Å². The van der Waals surface area contributed by atoms with Gasteiger partial charge in [-0.3, -0.25) is 14.4 Å². The number of hydrogen-bond acceptors (Lipinski definition) is 4. The Hall–Kier alpha value is -1.63. The summed E-state index contributed by atoms with van der Waals surface area (Å²) in [6.07, 6.45) is -0.500. The van der Waals surface area contributed by atoms with Crippen molar-refractivity contribution < 1.29 is 24.6 Å². The van der Waals surface area contributed by atoms with Crippen LogP contribution >= 0.6 is 0 Å². The van der Waals surface area contributed by atoms with Gasteiger partial charge in [-0.2, -0.15) is 0 Å². The maximum absolute atomic E-state index is 10.5. The van der Waals surface area contributed by atoms with Crippen molar-refractivity contribution in [3.63, 3.8) is 0 Å². The van der Waals surface area contributed by atoms with Crippen LogP contribution in [0.15, 0.2) is 0 Å². The molecule has 0 aromatic rings. The predicted octanol–water partition coefficient (Wildman–Crippen LogP) is -2.03. The minimum Gasteiger partial charge on any atom is -0.481 e. The van der Waals surface area contributed by atoms with Gasteiger partial charge in [0.2, 0.25) is 5.91 Å². The molecule has 0 fully saturated rings. The molecule has 0 aliphatic rings. The predicted molar refractivity (Wildman–Crippen MR) is 40.5 cm³/mol. The summed E-state index contributed by atoms with van der Waals surface area (Å²) < 4.78 is 0. The molecule has 0 aromatic heterocycles. The molecule has 2 atom stereocenters. The molecule has 7 heteroatoms. The van der Waals surface area contributed by atoms with E-state index in [2.05, 4.69) is 0 Å². The number of nitrogens with two attached hydrogens (primary N) is 2. The van der Waals surface area contributed by atoms with Crippen LogP contribution in [-0.4, -0.2) is 34.1 Å². The van der Waals surface area contributed by atoms with Gasteiger partial charge in [-0.15, -0.1) is 0 Å². The highest BCUT2D eigenvalue weighted by Gasteiger charge is 2.28. The number of primary amides is 1. The third-order valence-electron chi connectivity index (χ3n) is 1.45. The van der Waals surface area contributed by atoms with Crippen LogP contribution in [0.1, 0.15) is 6.42 Å². The number of carboxylic acids is 2. The lowest BCUT2D eigenvalue weighted by atomic mass is 10.00. The third kappa shape index (κ3) is 3.52. The van der Waals surface area contributed by atoms with Crippen LogP contribution in [0.2, 0.25) is 0 Å². The molecular formula is C6H10N2O5. The zero-order valence-electron chi connectivity index (χ0n) is 6.64. The van der Waals surface area contributed by atoms with Crippen molar-refractivity contribution in [2.24, 2.45) is 17.4 Å². The first-order valence-electron chi connectivity index (χ1n) is 3.36. The minimum atomic E-state index is -1.55.